The van der Waals surface area contributed by atoms with Crippen LogP contribution < -0.4 is 5.32 Å². The van der Waals surface area contributed by atoms with Crippen LogP contribution in [0.5, 0.6) is 0 Å². The van der Waals surface area contributed by atoms with Crippen molar-refractivity contribution in [2.45, 2.75) is 31.1 Å². The van der Waals surface area contributed by atoms with Crippen molar-refractivity contribution >= 4 is 17.7 Å². The molecule has 1 aromatic rings. The minimum Gasteiger partial charge on any atom is -0.468 e. The van der Waals surface area contributed by atoms with Crippen molar-refractivity contribution in [1.29, 1.82) is 0 Å². The molecule has 1 aromatic heterocycles. The number of amides is 1. The Kier molecular flexibility index (Phi) is 7.56. The molecule has 1 fully saturated rings. The van der Waals surface area contributed by atoms with Gasteiger partial charge in [0, 0.05) is 25.7 Å². The molecule has 0 aliphatic carbocycles. The van der Waals surface area contributed by atoms with Gasteiger partial charge in [-0.05, 0) is 43.3 Å². The second-order valence-corrected chi connectivity index (χ2v) is 6.30. The first-order chi connectivity index (χ1) is 10.7. The molecular formula is C16H24N2O3S. The Balaban J connectivity index is 1.48. The highest BCUT2D eigenvalue weighted by Crippen LogP contribution is 2.13. The van der Waals surface area contributed by atoms with Gasteiger partial charge in [0.2, 0.25) is 5.91 Å². The van der Waals surface area contributed by atoms with Crippen molar-refractivity contribution in [2.24, 2.45) is 0 Å². The summed E-state index contributed by atoms with van der Waals surface area (Å²) in [5.41, 5.74) is 0. The van der Waals surface area contributed by atoms with E-state index in [4.69, 9.17) is 4.42 Å². The zero-order valence-electron chi connectivity index (χ0n) is 12.7. The predicted molar refractivity (Wildman–Crippen MR) is 88.5 cm³/mol. The molecule has 5 nitrogen and oxygen atoms in total. The molecule has 1 amide bonds. The van der Waals surface area contributed by atoms with E-state index in [0.717, 1.165) is 50.4 Å². The van der Waals surface area contributed by atoms with Crippen molar-refractivity contribution < 1.29 is 14.3 Å². The molecular weight excluding hydrogens is 300 g/mol. The maximum absolute atomic E-state index is 11.6. The van der Waals surface area contributed by atoms with E-state index in [1.807, 2.05) is 12.1 Å². The number of carbonyl (C=O) groups is 1. The van der Waals surface area contributed by atoms with Gasteiger partial charge in [0.15, 0.2) is 0 Å². The van der Waals surface area contributed by atoms with E-state index < -0.39 is 0 Å². The summed E-state index contributed by atoms with van der Waals surface area (Å²) in [5, 5.41) is 14.1. The van der Waals surface area contributed by atoms with Gasteiger partial charge in [0.05, 0.1) is 18.1 Å². The van der Waals surface area contributed by atoms with Gasteiger partial charge in [-0.1, -0.05) is 0 Å². The summed E-state index contributed by atoms with van der Waals surface area (Å²) in [4.78, 5) is 14.0. The first-order valence-electron chi connectivity index (χ1n) is 7.73. The SMILES string of the molecule is O=C(C=CSCc1ccco1)NCCCN1CCC(O)CC1. The Bertz CT molecular complexity index is 454. The number of aliphatic hydroxyl groups excluding tert-OH is 1. The van der Waals surface area contributed by atoms with E-state index in [-0.39, 0.29) is 12.0 Å². The molecule has 0 bridgehead atoms. The van der Waals surface area contributed by atoms with Crippen LogP contribution in [0.4, 0.5) is 0 Å². The number of nitrogens with zero attached hydrogens (tertiary/aromatic N) is 1. The number of rotatable bonds is 8. The average molecular weight is 324 g/mol. The van der Waals surface area contributed by atoms with E-state index in [1.54, 1.807) is 17.7 Å². The molecule has 0 radical (unpaired) electrons. The number of nitrogens with one attached hydrogen (secondary N) is 1. The van der Waals surface area contributed by atoms with Gasteiger partial charge in [-0.15, -0.1) is 11.8 Å². The molecule has 2 heterocycles. The lowest BCUT2D eigenvalue weighted by Crippen LogP contribution is -2.37. The molecule has 0 unspecified atom stereocenters. The number of hydrogen-bond acceptors (Lipinski definition) is 5. The van der Waals surface area contributed by atoms with E-state index in [0.29, 0.717) is 6.54 Å². The zero-order valence-corrected chi connectivity index (χ0v) is 13.6. The van der Waals surface area contributed by atoms with Crippen LogP contribution in [-0.4, -0.2) is 48.2 Å². The van der Waals surface area contributed by atoms with Gasteiger partial charge in [0.25, 0.3) is 0 Å². The van der Waals surface area contributed by atoms with Crippen LogP contribution in [0, 0.1) is 0 Å². The summed E-state index contributed by atoms with van der Waals surface area (Å²) in [6, 6.07) is 3.77. The van der Waals surface area contributed by atoms with Crippen molar-refractivity contribution in [3.8, 4) is 0 Å². The fraction of sp³-hybridized carbons (Fsp3) is 0.562. The molecule has 1 saturated heterocycles. The van der Waals surface area contributed by atoms with Crippen LogP contribution in [0.25, 0.3) is 0 Å². The largest absolute Gasteiger partial charge is 0.468 e. The lowest BCUT2D eigenvalue weighted by Gasteiger charge is -2.29. The Morgan fingerprint density at radius 1 is 1.50 bits per heavy atom. The fourth-order valence-electron chi connectivity index (χ4n) is 2.35. The number of hydrogen-bond donors (Lipinski definition) is 2. The van der Waals surface area contributed by atoms with Crippen LogP contribution in [0.3, 0.4) is 0 Å². The molecule has 122 valence electrons. The fourth-order valence-corrected chi connectivity index (χ4v) is 3.00. The summed E-state index contributed by atoms with van der Waals surface area (Å²) in [7, 11) is 0. The molecule has 0 atom stereocenters. The topological polar surface area (TPSA) is 65.7 Å². The number of furan rings is 1. The number of aliphatic hydroxyl groups is 1. The first-order valence-corrected chi connectivity index (χ1v) is 8.77. The quantitative estimate of drug-likeness (QED) is 0.565. The third-order valence-corrected chi connectivity index (χ3v) is 4.41. The maximum Gasteiger partial charge on any atom is 0.244 e. The highest BCUT2D eigenvalue weighted by atomic mass is 32.2. The third-order valence-electron chi connectivity index (χ3n) is 3.63. The van der Waals surface area contributed by atoms with Gasteiger partial charge < -0.3 is 19.7 Å². The van der Waals surface area contributed by atoms with Gasteiger partial charge >= 0.3 is 0 Å². The molecule has 1 aliphatic heterocycles. The standard InChI is InChI=1S/C16H24N2O3S/c19-14-4-9-18(10-5-14)8-2-7-17-16(20)6-12-22-13-15-3-1-11-21-15/h1,3,6,11-12,14,19H,2,4-5,7-10,13H2,(H,17,20). The molecule has 0 aromatic carbocycles. The predicted octanol–water partition coefficient (Wildman–Crippen LogP) is 1.99. The van der Waals surface area contributed by atoms with Crippen molar-refractivity contribution in [1.82, 2.24) is 10.2 Å². The van der Waals surface area contributed by atoms with Crippen molar-refractivity contribution in [2.75, 3.05) is 26.2 Å². The molecule has 1 aliphatic rings. The summed E-state index contributed by atoms with van der Waals surface area (Å²) in [6.07, 6.45) is 5.75. The van der Waals surface area contributed by atoms with E-state index >= 15 is 0 Å². The van der Waals surface area contributed by atoms with Crippen LogP contribution in [0.1, 0.15) is 25.0 Å². The summed E-state index contributed by atoms with van der Waals surface area (Å²) in [5.74, 6) is 1.58. The highest BCUT2D eigenvalue weighted by Gasteiger charge is 2.15. The molecule has 22 heavy (non-hydrogen) atoms. The number of likely N-dealkylation sites (tertiary alicyclic amines) is 1. The number of thioether (sulfide) groups is 1. The summed E-state index contributed by atoms with van der Waals surface area (Å²) >= 11 is 1.53. The highest BCUT2D eigenvalue weighted by molar-refractivity contribution is 8.01. The van der Waals surface area contributed by atoms with Crippen molar-refractivity contribution in [3.05, 3.63) is 35.6 Å². The normalized spacial score (nSPS) is 17.1. The lowest BCUT2D eigenvalue weighted by molar-refractivity contribution is -0.116. The van der Waals surface area contributed by atoms with E-state index in [1.165, 1.54) is 11.8 Å². The molecule has 2 rings (SSSR count). The molecule has 0 spiro atoms. The minimum atomic E-state index is -0.125. The number of piperidine rings is 1. The summed E-state index contributed by atoms with van der Waals surface area (Å²) in [6.45, 7) is 3.58. The van der Waals surface area contributed by atoms with Crippen LogP contribution in [-0.2, 0) is 10.5 Å². The Morgan fingerprint density at radius 2 is 2.32 bits per heavy atom. The minimum absolute atomic E-state index is 0.0546. The molecule has 6 heteroatoms. The van der Waals surface area contributed by atoms with Crippen LogP contribution in [0.2, 0.25) is 0 Å². The van der Waals surface area contributed by atoms with Gasteiger partial charge in [0.1, 0.15) is 5.76 Å². The third kappa shape index (κ3) is 6.68. The van der Waals surface area contributed by atoms with E-state index in [9.17, 15) is 9.90 Å². The van der Waals surface area contributed by atoms with E-state index in [2.05, 4.69) is 10.2 Å². The zero-order chi connectivity index (χ0) is 15.6. The second-order valence-electron chi connectivity index (χ2n) is 5.41. The Hall–Kier alpha value is -1.24. The van der Waals surface area contributed by atoms with Crippen LogP contribution in [0.15, 0.2) is 34.3 Å². The average Bonchev–Trinajstić information content (AvgIpc) is 3.03. The van der Waals surface area contributed by atoms with Gasteiger partial charge in [-0.2, -0.15) is 0 Å². The Morgan fingerprint density at radius 3 is 3.05 bits per heavy atom. The monoisotopic (exact) mass is 324 g/mol. The van der Waals surface area contributed by atoms with Gasteiger partial charge in [-0.3, -0.25) is 4.79 Å². The van der Waals surface area contributed by atoms with Crippen LogP contribution >= 0.6 is 11.8 Å². The number of carbonyl (C=O) groups excluding carboxylic acids is 1. The first kappa shape index (κ1) is 17.1. The molecule has 2 N–H and O–H groups in total. The molecule has 0 saturated carbocycles. The Labute approximate surface area is 135 Å². The van der Waals surface area contributed by atoms with Crippen molar-refractivity contribution in [3.63, 3.8) is 0 Å². The maximum atomic E-state index is 11.6. The summed E-state index contributed by atoms with van der Waals surface area (Å²) < 4.78 is 5.21. The smallest absolute Gasteiger partial charge is 0.244 e. The second kappa shape index (κ2) is 9.71. The van der Waals surface area contributed by atoms with Gasteiger partial charge in [-0.25, -0.2) is 0 Å². The lowest BCUT2D eigenvalue weighted by atomic mass is 10.1.